The Morgan fingerprint density at radius 2 is 1.63 bits per heavy atom. The van der Waals surface area contributed by atoms with Crippen LogP contribution in [0.25, 0.3) is 0 Å². The molecular formula is C23H30N2O4S. The molecule has 0 spiro atoms. The number of aryl methyl sites for hydroxylation is 1. The van der Waals surface area contributed by atoms with E-state index in [1.165, 1.54) is 18.2 Å². The summed E-state index contributed by atoms with van der Waals surface area (Å²) in [6, 6.07) is 10.8. The molecule has 2 N–H and O–H groups in total. The summed E-state index contributed by atoms with van der Waals surface area (Å²) in [6.45, 7) is 8.38. The van der Waals surface area contributed by atoms with Crippen LogP contribution in [0.15, 0.2) is 52.3 Å². The molecule has 2 aromatic rings. The quantitative estimate of drug-likeness (QED) is 0.619. The molecule has 0 aliphatic carbocycles. The summed E-state index contributed by atoms with van der Waals surface area (Å²) in [5, 5.41) is 5.53. The van der Waals surface area contributed by atoms with Gasteiger partial charge in [0.05, 0.1) is 21.0 Å². The van der Waals surface area contributed by atoms with Crippen LogP contribution in [0.5, 0.6) is 0 Å². The van der Waals surface area contributed by atoms with Crippen molar-refractivity contribution < 1.29 is 18.0 Å². The first-order valence-corrected chi connectivity index (χ1v) is 11.7. The van der Waals surface area contributed by atoms with E-state index in [2.05, 4.69) is 24.5 Å². The number of hydrogen-bond acceptors (Lipinski definition) is 4. The minimum absolute atomic E-state index is 0.0249. The number of benzene rings is 2. The standard InChI is InChI=1S/C23H30N2O4S/c1-5-6-22(26)25-21-15-19(30(28,29)18-9-7-17(4)8-10-18)11-12-20(21)23(27)24-14-13-16(2)3/h7-12,15-16H,5-6,13-14H2,1-4H3,(H,24,27)(H,25,26). The van der Waals surface area contributed by atoms with E-state index in [1.54, 1.807) is 24.3 Å². The Kier molecular flexibility index (Phi) is 8.17. The lowest BCUT2D eigenvalue weighted by molar-refractivity contribution is -0.116. The maximum absolute atomic E-state index is 13.0. The second kappa shape index (κ2) is 10.4. The molecule has 0 saturated carbocycles. The Labute approximate surface area is 179 Å². The van der Waals surface area contributed by atoms with Crippen molar-refractivity contribution in [2.75, 3.05) is 11.9 Å². The first-order chi connectivity index (χ1) is 14.1. The van der Waals surface area contributed by atoms with Crippen molar-refractivity contribution in [3.63, 3.8) is 0 Å². The molecule has 6 nitrogen and oxygen atoms in total. The fourth-order valence-electron chi connectivity index (χ4n) is 2.85. The molecule has 0 aliphatic heterocycles. The number of sulfone groups is 1. The van der Waals surface area contributed by atoms with Gasteiger partial charge in [0, 0.05) is 13.0 Å². The van der Waals surface area contributed by atoms with Crippen LogP contribution in [-0.4, -0.2) is 26.8 Å². The van der Waals surface area contributed by atoms with E-state index in [9.17, 15) is 18.0 Å². The molecule has 0 unspecified atom stereocenters. The maximum atomic E-state index is 13.0. The first kappa shape index (κ1) is 23.6. The zero-order chi connectivity index (χ0) is 22.3. The van der Waals surface area contributed by atoms with E-state index in [0.717, 1.165) is 12.0 Å². The van der Waals surface area contributed by atoms with Gasteiger partial charge in [-0.2, -0.15) is 0 Å². The molecule has 162 valence electrons. The fraction of sp³-hybridized carbons (Fsp3) is 0.391. The summed E-state index contributed by atoms with van der Waals surface area (Å²) >= 11 is 0. The van der Waals surface area contributed by atoms with E-state index in [4.69, 9.17) is 0 Å². The van der Waals surface area contributed by atoms with Crippen LogP contribution in [0.4, 0.5) is 5.69 Å². The largest absolute Gasteiger partial charge is 0.352 e. The van der Waals surface area contributed by atoms with Gasteiger partial charge in [-0.05, 0) is 56.0 Å². The molecule has 2 rings (SSSR count). The van der Waals surface area contributed by atoms with Gasteiger partial charge in [-0.1, -0.05) is 38.5 Å². The third-order valence-electron chi connectivity index (χ3n) is 4.64. The normalized spacial score (nSPS) is 11.4. The van der Waals surface area contributed by atoms with E-state index >= 15 is 0 Å². The molecule has 0 aromatic heterocycles. The molecule has 0 atom stereocenters. The van der Waals surface area contributed by atoms with Gasteiger partial charge in [0.25, 0.3) is 5.91 Å². The van der Waals surface area contributed by atoms with Gasteiger partial charge in [0.15, 0.2) is 0 Å². The average molecular weight is 431 g/mol. The molecular weight excluding hydrogens is 400 g/mol. The lowest BCUT2D eigenvalue weighted by Gasteiger charge is -2.14. The molecule has 2 amide bonds. The average Bonchev–Trinajstić information content (AvgIpc) is 2.68. The molecule has 0 fully saturated rings. The summed E-state index contributed by atoms with van der Waals surface area (Å²) in [6.07, 6.45) is 1.75. The van der Waals surface area contributed by atoms with E-state index in [0.29, 0.717) is 18.9 Å². The lowest BCUT2D eigenvalue weighted by atomic mass is 10.1. The molecule has 0 heterocycles. The fourth-order valence-corrected chi connectivity index (χ4v) is 4.14. The summed E-state index contributed by atoms with van der Waals surface area (Å²) in [4.78, 5) is 25.0. The SMILES string of the molecule is CCCC(=O)Nc1cc(S(=O)(=O)c2ccc(C)cc2)ccc1C(=O)NCCC(C)C. The number of rotatable bonds is 9. The molecule has 30 heavy (non-hydrogen) atoms. The highest BCUT2D eigenvalue weighted by molar-refractivity contribution is 7.91. The minimum atomic E-state index is -3.78. The van der Waals surface area contributed by atoms with Gasteiger partial charge in [0.2, 0.25) is 15.7 Å². The minimum Gasteiger partial charge on any atom is -0.352 e. The zero-order valence-electron chi connectivity index (χ0n) is 18.0. The van der Waals surface area contributed by atoms with Crippen LogP contribution in [0.1, 0.15) is 56.0 Å². The molecule has 2 aromatic carbocycles. The number of hydrogen-bond donors (Lipinski definition) is 2. The molecule has 0 aliphatic rings. The highest BCUT2D eigenvalue weighted by Crippen LogP contribution is 2.26. The summed E-state index contributed by atoms with van der Waals surface area (Å²) in [5.41, 5.74) is 1.39. The van der Waals surface area contributed by atoms with Crippen molar-refractivity contribution in [2.24, 2.45) is 5.92 Å². The van der Waals surface area contributed by atoms with Crippen molar-refractivity contribution in [3.05, 3.63) is 53.6 Å². The van der Waals surface area contributed by atoms with Gasteiger partial charge >= 0.3 is 0 Å². The van der Waals surface area contributed by atoms with Crippen molar-refractivity contribution in [3.8, 4) is 0 Å². The van der Waals surface area contributed by atoms with Crippen molar-refractivity contribution in [1.82, 2.24) is 5.32 Å². The topological polar surface area (TPSA) is 92.3 Å². The Bertz CT molecular complexity index is 996. The van der Waals surface area contributed by atoms with Crippen molar-refractivity contribution >= 4 is 27.3 Å². The predicted molar refractivity (Wildman–Crippen MR) is 118 cm³/mol. The number of amides is 2. The number of carbonyl (C=O) groups is 2. The second-order valence-electron chi connectivity index (χ2n) is 7.76. The van der Waals surface area contributed by atoms with Crippen LogP contribution in [0.2, 0.25) is 0 Å². The number of carbonyl (C=O) groups excluding carboxylic acids is 2. The van der Waals surface area contributed by atoms with Crippen LogP contribution >= 0.6 is 0 Å². The van der Waals surface area contributed by atoms with E-state index in [1.807, 2.05) is 13.8 Å². The second-order valence-corrected chi connectivity index (χ2v) is 9.71. The molecule has 0 bridgehead atoms. The maximum Gasteiger partial charge on any atom is 0.253 e. The van der Waals surface area contributed by atoms with Crippen LogP contribution < -0.4 is 10.6 Å². The van der Waals surface area contributed by atoms with Gasteiger partial charge in [-0.25, -0.2) is 8.42 Å². The van der Waals surface area contributed by atoms with Crippen molar-refractivity contribution in [2.45, 2.75) is 56.7 Å². The third-order valence-corrected chi connectivity index (χ3v) is 6.40. The Morgan fingerprint density at radius 3 is 2.23 bits per heavy atom. The van der Waals surface area contributed by atoms with Gasteiger partial charge in [0.1, 0.15) is 0 Å². The highest BCUT2D eigenvalue weighted by atomic mass is 32.2. The van der Waals surface area contributed by atoms with Crippen LogP contribution in [-0.2, 0) is 14.6 Å². The van der Waals surface area contributed by atoms with Gasteiger partial charge in [-0.3, -0.25) is 9.59 Å². The first-order valence-electron chi connectivity index (χ1n) is 10.2. The third kappa shape index (κ3) is 6.16. The Morgan fingerprint density at radius 1 is 1.00 bits per heavy atom. The smallest absolute Gasteiger partial charge is 0.253 e. The highest BCUT2D eigenvalue weighted by Gasteiger charge is 2.21. The molecule has 0 saturated heterocycles. The Hall–Kier alpha value is -2.67. The van der Waals surface area contributed by atoms with E-state index < -0.39 is 9.84 Å². The Balaban J connectivity index is 2.40. The van der Waals surface area contributed by atoms with E-state index in [-0.39, 0.29) is 39.3 Å². The molecule has 0 radical (unpaired) electrons. The van der Waals surface area contributed by atoms with Crippen LogP contribution in [0, 0.1) is 12.8 Å². The number of nitrogens with one attached hydrogen (secondary N) is 2. The predicted octanol–water partition coefficient (Wildman–Crippen LogP) is 4.34. The summed E-state index contributed by atoms with van der Waals surface area (Å²) < 4.78 is 26.0. The number of anilines is 1. The summed E-state index contributed by atoms with van der Waals surface area (Å²) in [7, 11) is -3.78. The molecule has 7 heteroatoms. The monoisotopic (exact) mass is 430 g/mol. The lowest BCUT2D eigenvalue weighted by Crippen LogP contribution is -2.27. The van der Waals surface area contributed by atoms with Gasteiger partial charge < -0.3 is 10.6 Å². The van der Waals surface area contributed by atoms with Crippen molar-refractivity contribution in [1.29, 1.82) is 0 Å². The van der Waals surface area contributed by atoms with Gasteiger partial charge in [-0.15, -0.1) is 0 Å². The van der Waals surface area contributed by atoms with Crippen LogP contribution in [0.3, 0.4) is 0 Å². The summed E-state index contributed by atoms with van der Waals surface area (Å²) in [5.74, 6) is -0.170. The zero-order valence-corrected chi connectivity index (χ0v) is 18.8.